The predicted molar refractivity (Wildman–Crippen MR) is 100 cm³/mol. The van der Waals surface area contributed by atoms with Gasteiger partial charge in [-0.15, -0.1) is 0 Å². The van der Waals surface area contributed by atoms with Crippen LogP contribution in [0.5, 0.6) is 0 Å². The number of aliphatic imine (C=N–C) groups is 2. The summed E-state index contributed by atoms with van der Waals surface area (Å²) in [5.74, 6) is 0.0990. The van der Waals surface area contributed by atoms with E-state index in [-0.39, 0.29) is 12.5 Å². The largest absolute Gasteiger partial charge is 0.464 e. The Morgan fingerprint density at radius 1 is 1.44 bits per heavy atom. The quantitative estimate of drug-likeness (QED) is 0.814. The molecular weight excluding hydrogens is 363 g/mol. The third kappa shape index (κ3) is 3.29. The first-order valence-electron chi connectivity index (χ1n) is 7.92. The summed E-state index contributed by atoms with van der Waals surface area (Å²) < 4.78 is 5.09. The number of hydrogen-bond donors (Lipinski definition) is 1. The van der Waals surface area contributed by atoms with Gasteiger partial charge in [0.05, 0.1) is 23.9 Å². The summed E-state index contributed by atoms with van der Waals surface area (Å²) >= 11 is 12.4. The van der Waals surface area contributed by atoms with Gasteiger partial charge in [0.15, 0.2) is 6.04 Å². The number of nitrogens with zero attached hydrogens (tertiary/aromatic N) is 3. The van der Waals surface area contributed by atoms with Gasteiger partial charge in [-0.05, 0) is 32.0 Å². The van der Waals surface area contributed by atoms with E-state index in [4.69, 9.17) is 33.7 Å². The minimum absolute atomic E-state index is 0.289. The predicted octanol–water partition coefficient (Wildman–Crippen LogP) is 2.74. The number of rotatable bonds is 4. The molecule has 0 fully saturated rings. The molecule has 2 aliphatic rings. The molecule has 1 atom stereocenters. The van der Waals surface area contributed by atoms with Crippen molar-refractivity contribution in [3.8, 4) is 0 Å². The Hall–Kier alpha value is -1.89. The van der Waals surface area contributed by atoms with E-state index in [1.807, 2.05) is 17.9 Å². The first-order chi connectivity index (χ1) is 12.0. The number of hydrogen-bond acceptors (Lipinski definition) is 6. The van der Waals surface area contributed by atoms with Crippen LogP contribution in [-0.2, 0) is 9.53 Å². The normalized spacial score (nSPS) is 19.6. The molecular formula is C17H18Cl2N4O2. The summed E-state index contributed by atoms with van der Waals surface area (Å²) in [6.07, 6.45) is 0. The maximum absolute atomic E-state index is 12.1. The van der Waals surface area contributed by atoms with Crippen LogP contribution in [0.25, 0.3) is 5.70 Å². The molecule has 3 rings (SSSR count). The molecule has 6 nitrogen and oxygen atoms in total. The third-order valence-electron chi connectivity index (χ3n) is 4.08. The molecule has 0 aromatic heterocycles. The van der Waals surface area contributed by atoms with E-state index in [9.17, 15) is 4.79 Å². The number of carbonyl (C=O) groups is 1. The highest BCUT2D eigenvalue weighted by atomic mass is 35.5. The van der Waals surface area contributed by atoms with Gasteiger partial charge in [-0.3, -0.25) is 0 Å². The van der Waals surface area contributed by atoms with Crippen molar-refractivity contribution >= 4 is 46.5 Å². The van der Waals surface area contributed by atoms with E-state index in [2.05, 4.69) is 9.98 Å². The third-order valence-corrected chi connectivity index (χ3v) is 4.63. The average molecular weight is 381 g/mol. The highest BCUT2D eigenvalue weighted by Crippen LogP contribution is 2.36. The topological polar surface area (TPSA) is 80.3 Å². The zero-order valence-electron chi connectivity index (χ0n) is 13.9. The van der Waals surface area contributed by atoms with Crippen molar-refractivity contribution in [2.45, 2.75) is 19.9 Å². The Balaban J connectivity index is 2.07. The standard InChI is InChI=1S/C17H18Cl2N4O2/c1-3-25-16(24)14-8-23-15(11-5-4-10(18)6-13(11)19)12(7-20)9(2)21-17(23)22-14/h4-6,14H,3,7-8,20H2,1-2H3. The van der Waals surface area contributed by atoms with Crippen molar-refractivity contribution in [3.63, 3.8) is 0 Å². The Morgan fingerprint density at radius 3 is 2.84 bits per heavy atom. The molecule has 0 aliphatic carbocycles. The number of guanidine groups is 1. The van der Waals surface area contributed by atoms with Crippen molar-refractivity contribution in [2.75, 3.05) is 19.7 Å². The minimum Gasteiger partial charge on any atom is -0.464 e. The highest BCUT2D eigenvalue weighted by molar-refractivity contribution is 6.36. The molecule has 25 heavy (non-hydrogen) atoms. The minimum atomic E-state index is -0.621. The van der Waals surface area contributed by atoms with Crippen molar-refractivity contribution < 1.29 is 9.53 Å². The SMILES string of the molecule is CCOC(=O)C1CN2C(=N1)N=C(C)C(CN)=C2c1ccc(Cl)cc1Cl. The number of halogens is 2. The summed E-state index contributed by atoms with van der Waals surface area (Å²) in [5, 5.41) is 1.05. The van der Waals surface area contributed by atoms with Crippen molar-refractivity contribution in [2.24, 2.45) is 15.7 Å². The molecule has 0 bridgehead atoms. The van der Waals surface area contributed by atoms with E-state index in [0.29, 0.717) is 29.2 Å². The molecule has 132 valence electrons. The van der Waals surface area contributed by atoms with E-state index in [1.165, 1.54) is 0 Å². The van der Waals surface area contributed by atoms with Crippen LogP contribution in [0.3, 0.4) is 0 Å². The first-order valence-corrected chi connectivity index (χ1v) is 8.68. The van der Waals surface area contributed by atoms with Crippen molar-refractivity contribution in [1.29, 1.82) is 0 Å². The molecule has 1 aromatic carbocycles. The van der Waals surface area contributed by atoms with Gasteiger partial charge in [-0.25, -0.2) is 14.8 Å². The molecule has 2 heterocycles. The van der Waals surface area contributed by atoms with Gasteiger partial charge < -0.3 is 15.4 Å². The zero-order valence-corrected chi connectivity index (χ0v) is 15.4. The summed E-state index contributed by atoms with van der Waals surface area (Å²) in [5.41, 5.74) is 9.15. The van der Waals surface area contributed by atoms with Gasteiger partial charge in [0.1, 0.15) is 0 Å². The van der Waals surface area contributed by atoms with Gasteiger partial charge >= 0.3 is 5.97 Å². The van der Waals surface area contributed by atoms with Crippen molar-refractivity contribution in [1.82, 2.24) is 4.90 Å². The summed E-state index contributed by atoms with van der Waals surface area (Å²) in [6.45, 7) is 4.56. The summed E-state index contributed by atoms with van der Waals surface area (Å²) in [6, 6.07) is 4.66. The highest BCUT2D eigenvalue weighted by Gasteiger charge is 2.37. The Bertz CT molecular complexity index is 817. The van der Waals surface area contributed by atoms with Crippen LogP contribution >= 0.6 is 23.2 Å². The van der Waals surface area contributed by atoms with Gasteiger partial charge in [0.2, 0.25) is 5.96 Å². The fourth-order valence-electron chi connectivity index (χ4n) is 2.94. The van der Waals surface area contributed by atoms with Crippen LogP contribution in [0.4, 0.5) is 0 Å². The van der Waals surface area contributed by atoms with E-state index >= 15 is 0 Å². The molecule has 0 saturated carbocycles. The second-order valence-electron chi connectivity index (χ2n) is 5.66. The number of fused-ring (bicyclic) bond motifs is 1. The smallest absolute Gasteiger partial charge is 0.332 e. The van der Waals surface area contributed by atoms with Gasteiger partial charge in [-0.2, -0.15) is 0 Å². The molecule has 0 saturated heterocycles. The molecule has 2 aliphatic heterocycles. The number of esters is 1. The fourth-order valence-corrected chi connectivity index (χ4v) is 3.43. The maximum Gasteiger partial charge on any atom is 0.332 e. The maximum atomic E-state index is 12.1. The lowest BCUT2D eigenvalue weighted by Gasteiger charge is -2.29. The molecule has 1 aromatic rings. The lowest BCUT2D eigenvalue weighted by atomic mass is 10.00. The monoisotopic (exact) mass is 380 g/mol. The first kappa shape index (κ1) is 17.9. The number of nitrogens with two attached hydrogens (primary N) is 1. The lowest BCUT2D eigenvalue weighted by molar-refractivity contribution is -0.144. The second-order valence-corrected chi connectivity index (χ2v) is 6.50. The Kier molecular flexibility index (Phi) is 5.13. The number of ether oxygens (including phenoxy) is 1. The van der Waals surface area contributed by atoms with Crippen molar-refractivity contribution in [3.05, 3.63) is 39.4 Å². The molecule has 8 heteroatoms. The van der Waals surface area contributed by atoms with Crippen LogP contribution in [0, 0.1) is 0 Å². The molecule has 0 spiro atoms. The number of carbonyl (C=O) groups excluding carboxylic acids is 1. The van der Waals surface area contributed by atoms with Crippen LogP contribution in [0.2, 0.25) is 10.0 Å². The average Bonchev–Trinajstić information content (AvgIpc) is 2.98. The van der Waals surface area contributed by atoms with Gasteiger partial charge in [0.25, 0.3) is 0 Å². The van der Waals surface area contributed by atoms with E-state index < -0.39 is 6.04 Å². The Labute approximate surface area is 156 Å². The van der Waals surface area contributed by atoms with Crippen LogP contribution < -0.4 is 5.73 Å². The van der Waals surface area contributed by atoms with Crippen LogP contribution in [0.1, 0.15) is 19.4 Å². The van der Waals surface area contributed by atoms with E-state index in [1.54, 1.807) is 19.1 Å². The fraction of sp³-hybridized carbons (Fsp3) is 0.353. The van der Waals surface area contributed by atoms with Gasteiger partial charge in [-0.1, -0.05) is 23.2 Å². The molecule has 0 amide bonds. The molecule has 0 radical (unpaired) electrons. The number of benzene rings is 1. The zero-order chi connectivity index (χ0) is 18.1. The lowest BCUT2D eigenvalue weighted by Crippen LogP contribution is -2.36. The molecule has 2 N–H and O–H groups in total. The summed E-state index contributed by atoms with van der Waals surface area (Å²) in [7, 11) is 0. The molecule has 1 unspecified atom stereocenters. The van der Waals surface area contributed by atoms with Gasteiger partial charge in [0, 0.05) is 28.4 Å². The van der Waals surface area contributed by atoms with Crippen LogP contribution in [0.15, 0.2) is 33.8 Å². The Morgan fingerprint density at radius 2 is 2.20 bits per heavy atom. The summed E-state index contributed by atoms with van der Waals surface area (Å²) in [4.78, 5) is 22.9. The van der Waals surface area contributed by atoms with Crippen LogP contribution in [-0.4, -0.2) is 48.3 Å². The van der Waals surface area contributed by atoms with E-state index in [0.717, 1.165) is 22.5 Å². The second kappa shape index (κ2) is 7.15.